The zero-order chi connectivity index (χ0) is 13.3. The van der Waals surface area contributed by atoms with Crippen LogP contribution in [0.15, 0.2) is 0 Å². The quantitative estimate of drug-likeness (QED) is 0.678. The molecule has 0 aromatic heterocycles. The van der Waals surface area contributed by atoms with Gasteiger partial charge in [-0.05, 0) is 37.0 Å². The average Bonchev–Trinajstić information content (AvgIpc) is 2.29. The Morgan fingerprint density at radius 1 is 1.00 bits per heavy atom. The molecule has 3 atom stereocenters. The largest absolute Gasteiger partial charge is 0.389 e. The lowest BCUT2D eigenvalue weighted by molar-refractivity contribution is -0.112. The second-order valence-corrected chi connectivity index (χ2v) is 6.95. The van der Waals surface area contributed by atoms with E-state index < -0.39 is 18.3 Å². The van der Waals surface area contributed by atoms with Crippen LogP contribution in [0.1, 0.15) is 39.5 Å². The van der Waals surface area contributed by atoms with Gasteiger partial charge < -0.3 is 15.3 Å². The van der Waals surface area contributed by atoms with Gasteiger partial charge in [0.25, 0.3) is 0 Å². The van der Waals surface area contributed by atoms with Gasteiger partial charge in [-0.25, -0.2) is 0 Å². The summed E-state index contributed by atoms with van der Waals surface area (Å²) < 4.78 is 0. The summed E-state index contributed by atoms with van der Waals surface area (Å²) in [6, 6.07) is 0. The normalized spacial score (nSPS) is 38.8. The molecule has 18 heavy (non-hydrogen) atoms. The molecule has 2 aliphatic rings. The Labute approximate surface area is 110 Å². The van der Waals surface area contributed by atoms with Crippen molar-refractivity contribution in [1.29, 1.82) is 0 Å². The van der Waals surface area contributed by atoms with E-state index in [1.54, 1.807) is 0 Å². The van der Waals surface area contributed by atoms with E-state index in [4.69, 9.17) is 0 Å². The van der Waals surface area contributed by atoms with Gasteiger partial charge in [0.1, 0.15) is 6.10 Å². The fourth-order valence-corrected chi connectivity index (χ4v) is 3.23. The molecule has 1 aliphatic heterocycles. The molecule has 0 bridgehead atoms. The number of β-amino-alcohol motifs (C(OH)–C–C–N with tert-alkyl or cyclic N) is 2. The zero-order valence-corrected chi connectivity index (χ0v) is 11.5. The van der Waals surface area contributed by atoms with Crippen LogP contribution in [-0.4, -0.2) is 58.2 Å². The molecule has 0 unspecified atom stereocenters. The van der Waals surface area contributed by atoms with Crippen LogP contribution in [0.2, 0.25) is 0 Å². The molecule has 0 radical (unpaired) electrons. The van der Waals surface area contributed by atoms with Crippen LogP contribution in [0.3, 0.4) is 0 Å². The molecule has 0 aromatic carbocycles. The smallest absolute Gasteiger partial charge is 0.108 e. The summed E-state index contributed by atoms with van der Waals surface area (Å²) in [7, 11) is 0. The first-order chi connectivity index (χ1) is 8.37. The van der Waals surface area contributed by atoms with E-state index in [1.165, 1.54) is 25.7 Å². The van der Waals surface area contributed by atoms with Gasteiger partial charge in [-0.15, -0.1) is 0 Å². The van der Waals surface area contributed by atoms with E-state index in [0.717, 1.165) is 6.54 Å². The van der Waals surface area contributed by atoms with Gasteiger partial charge in [-0.3, -0.25) is 4.90 Å². The monoisotopic (exact) mass is 257 g/mol. The van der Waals surface area contributed by atoms with Crippen LogP contribution in [-0.2, 0) is 0 Å². The van der Waals surface area contributed by atoms with Crippen LogP contribution >= 0.6 is 0 Å². The molecule has 1 saturated carbocycles. The highest BCUT2D eigenvalue weighted by Crippen LogP contribution is 2.38. The summed E-state index contributed by atoms with van der Waals surface area (Å²) in [5, 5.41) is 28.9. The van der Waals surface area contributed by atoms with Crippen LogP contribution < -0.4 is 0 Å². The third-order valence-electron chi connectivity index (χ3n) is 4.65. The van der Waals surface area contributed by atoms with Gasteiger partial charge in [0.05, 0.1) is 12.2 Å². The molecule has 4 nitrogen and oxygen atoms in total. The first-order valence-corrected chi connectivity index (χ1v) is 7.14. The maximum atomic E-state index is 9.68. The lowest BCUT2D eigenvalue weighted by atomic mass is 9.73. The first-order valence-electron chi connectivity index (χ1n) is 7.14. The van der Waals surface area contributed by atoms with Crippen molar-refractivity contribution in [1.82, 2.24) is 4.90 Å². The number of rotatable bonds is 2. The highest BCUT2D eigenvalue weighted by molar-refractivity contribution is 4.88. The molecule has 0 amide bonds. The molecule has 2 fully saturated rings. The molecule has 2 rings (SSSR count). The summed E-state index contributed by atoms with van der Waals surface area (Å²) in [6.07, 6.45) is 2.39. The number of aliphatic hydroxyl groups is 3. The van der Waals surface area contributed by atoms with E-state index >= 15 is 0 Å². The second kappa shape index (κ2) is 5.45. The molecule has 4 heteroatoms. The average molecular weight is 257 g/mol. The predicted octanol–water partition coefficient (Wildman–Crippen LogP) is 0.601. The number of nitrogens with zero attached hydrogens (tertiary/aromatic N) is 1. The van der Waals surface area contributed by atoms with Gasteiger partial charge in [-0.1, -0.05) is 13.8 Å². The van der Waals surface area contributed by atoms with Gasteiger partial charge >= 0.3 is 0 Å². The second-order valence-electron chi connectivity index (χ2n) is 6.95. The van der Waals surface area contributed by atoms with Crippen LogP contribution in [0.4, 0.5) is 0 Å². The number of aliphatic hydroxyl groups excluding tert-OH is 3. The van der Waals surface area contributed by atoms with Gasteiger partial charge in [-0.2, -0.15) is 0 Å². The predicted molar refractivity (Wildman–Crippen MR) is 70.2 cm³/mol. The molecule has 3 N–H and O–H groups in total. The maximum absolute atomic E-state index is 9.68. The minimum Gasteiger partial charge on any atom is -0.389 e. The van der Waals surface area contributed by atoms with Crippen molar-refractivity contribution in [2.75, 3.05) is 19.6 Å². The summed E-state index contributed by atoms with van der Waals surface area (Å²) in [4.78, 5) is 2.10. The molecule has 1 saturated heterocycles. The summed E-state index contributed by atoms with van der Waals surface area (Å²) in [5.74, 6) is 0.674. The Balaban J connectivity index is 1.80. The minimum atomic E-state index is -0.980. The fraction of sp³-hybridized carbons (Fsp3) is 1.00. The van der Waals surface area contributed by atoms with Crippen molar-refractivity contribution < 1.29 is 15.3 Å². The van der Waals surface area contributed by atoms with Crippen molar-refractivity contribution in [2.45, 2.75) is 57.8 Å². The molecule has 0 spiro atoms. The van der Waals surface area contributed by atoms with Gasteiger partial charge in [0.2, 0.25) is 0 Å². The molecular weight excluding hydrogens is 230 g/mol. The Kier molecular flexibility index (Phi) is 4.32. The molecule has 0 aromatic rings. The Bertz CT molecular complexity index is 260. The van der Waals surface area contributed by atoms with Crippen LogP contribution in [0.5, 0.6) is 0 Å². The van der Waals surface area contributed by atoms with Crippen molar-refractivity contribution in [3.8, 4) is 0 Å². The van der Waals surface area contributed by atoms with Crippen molar-refractivity contribution >= 4 is 0 Å². The number of hydrogen-bond acceptors (Lipinski definition) is 4. The fourth-order valence-electron chi connectivity index (χ4n) is 3.23. The number of likely N-dealkylation sites (tertiary alicyclic amines) is 1. The van der Waals surface area contributed by atoms with Crippen molar-refractivity contribution in [3.05, 3.63) is 0 Å². The summed E-state index contributed by atoms with van der Waals surface area (Å²) >= 11 is 0. The zero-order valence-electron chi connectivity index (χ0n) is 11.5. The third-order valence-corrected chi connectivity index (χ3v) is 4.65. The standard InChI is InChI=1S/C14H27NO3/c1-14(2)5-3-10(4-6-14)7-15-8-11(16)13(18)12(17)9-15/h10-13,16-18H,3-9H2,1-2H3/t11-,12+,13+. The summed E-state index contributed by atoms with van der Waals surface area (Å²) in [5.41, 5.74) is 0.480. The summed E-state index contributed by atoms with van der Waals surface area (Å²) in [6.45, 7) is 6.56. The lowest BCUT2D eigenvalue weighted by Gasteiger charge is -2.41. The van der Waals surface area contributed by atoms with Crippen molar-refractivity contribution in [2.24, 2.45) is 11.3 Å². The molecule has 1 aliphatic carbocycles. The number of piperidine rings is 1. The third kappa shape index (κ3) is 3.44. The molecular formula is C14H27NO3. The van der Waals surface area contributed by atoms with Crippen molar-refractivity contribution in [3.63, 3.8) is 0 Å². The van der Waals surface area contributed by atoms with E-state index in [-0.39, 0.29) is 0 Å². The van der Waals surface area contributed by atoms with E-state index in [0.29, 0.717) is 24.4 Å². The van der Waals surface area contributed by atoms with E-state index in [9.17, 15) is 15.3 Å². The van der Waals surface area contributed by atoms with E-state index in [2.05, 4.69) is 18.7 Å². The van der Waals surface area contributed by atoms with Crippen LogP contribution in [0.25, 0.3) is 0 Å². The first kappa shape index (κ1) is 14.3. The highest BCUT2D eigenvalue weighted by Gasteiger charge is 2.35. The molecule has 1 heterocycles. The number of hydrogen-bond donors (Lipinski definition) is 3. The minimum absolute atomic E-state index is 0.480. The topological polar surface area (TPSA) is 63.9 Å². The van der Waals surface area contributed by atoms with Gasteiger partial charge in [0.15, 0.2) is 0 Å². The highest BCUT2D eigenvalue weighted by atomic mass is 16.4. The molecule has 106 valence electrons. The Hall–Kier alpha value is -0.160. The Morgan fingerprint density at radius 3 is 2.00 bits per heavy atom. The van der Waals surface area contributed by atoms with Crippen LogP contribution in [0, 0.1) is 11.3 Å². The van der Waals surface area contributed by atoms with Gasteiger partial charge in [0, 0.05) is 19.6 Å². The SMILES string of the molecule is CC1(C)CCC(CN2C[C@@H](O)[C@H](O)[C@@H](O)C2)CC1. The van der Waals surface area contributed by atoms with E-state index in [1.807, 2.05) is 0 Å². The Morgan fingerprint density at radius 2 is 1.50 bits per heavy atom. The lowest BCUT2D eigenvalue weighted by Crippen LogP contribution is -2.56. The maximum Gasteiger partial charge on any atom is 0.108 e.